The summed E-state index contributed by atoms with van der Waals surface area (Å²) in [6.07, 6.45) is 4.86. The Morgan fingerprint density at radius 1 is 1.38 bits per heavy atom. The predicted octanol–water partition coefficient (Wildman–Crippen LogP) is 2.32. The second kappa shape index (κ2) is 7.69. The van der Waals surface area contributed by atoms with Gasteiger partial charge in [-0.25, -0.2) is 14.8 Å². The van der Waals surface area contributed by atoms with Gasteiger partial charge in [0.25, 0.3) is 0 Å². The molecular formula is C16H18N6OS. The van der Waals surface area contributed by atoms with E-state index in [1.807, 2.05) is 35.7 Å². The van der Waals surface area contributed by atoms with Crippen molar-refractivity contribution in [2.45, 2.75) is 19.1 Å². The lowest BCUT2D eigenvalue weighted by Crippen LogP contribution is -2.40. The number of nitrogens with one attached hydrogen (secondary N) is 1. The summed E-state index contributed by atoms with van der Waals surface area (Å²) in [5.74, 6) is 0. The fraction of sp³-hybridized carbons (Fsp3) is 0.250. The third-order valence-corrected chi connectivity index (χ3v) is 4.30. The number of hydrogen-bond donors (Lipinski definition) is 1. The van der Waals surface area contributed by atoms with E-state index in [1.54, 1.807) is 29.2 Å². The molecule has 1 unspecified atom stereocenters. The molecule has 0 saturated carbocycles. The van der Waals surface area contributed by atoms with Crippen molar-refractivity contribution in [2.24, 2.45) is 0 Å². The summed E-state index contributed by atoms with van der Waals surface area (Å²) in [4.78, 5) is 22.3. The van der Waals surface area contributed by atoms with Gasteiger partial charge >= 0.3 is 6.03 Å². The van der Waals surface area contributed by atoms with E-state index in [0.717, 1.165) is 10.6 Å². The fourth-order valence-corrected chi connectivity index (χ4v) is 2.97. The van der Waals surface area contributed by atoms with Crippen molar-refractivity contribution in [3.05, 3.63) is 65.1 Å². The van der Waals surface area contributed by atoms with E-state index >= 15 is 0 Å². The Balaban J connectivity index is 1.69. The molecular weight excluding hydrogens is 324 g/mol. The smallest absolute Gasteiger partial charge is 0.318 e. The maximum Gasteiger partial charge on any atom is 0.318 e. The van der Waals surface area contributed by atoms with Crippen LogP contribution in [0.2, 0.25) is 0 Å². The lowest BCUT2D eigenvalue weighted by atomic mass is 10.1. The Morgan fingerprint density at radius 2 is 2.21 bits per heavy atom. The number of rotatable bonds is 6. The molecule has 3 rings (SSSR count). The Morgan fingerprint density at radius 3 is 2.88 bits per heavy atom. The van der Waals surface area contributed by atoms with Crippen LogP contribution in [0.15, 0.2) is 54.6 Å². The summed E-state index contributed by atoms with van der Waals surface area (Å²) in [6.45, 7) is 0.995. The monoisotopic (exact) mass is 342 g/mol. The van der Waals surface area contributed by atoms with E-state index in [2.05, 4.69) is 20.4 Å². The molecule has 0 aliphatic carbocycles. The van der Waals surface area contributed by atoms with Gasteiger partial charge in [0.2, 0.25) is 0 Å². The molecule has 8 heteroatoms. The zero-order valence-corrected chi connectivity index (χ0v) is 14.1. The molecule has 124 valence electrons. The molecule has 3 aromatic rings. The molecule has 2 heterocycles. The van der Waals surface area contributed by atoms with E-state index in [9.17, 15) is 4.79 Å². The van der Waals surface area contributed by atoms with Crippen molar-refractivity contribution in [1.82, 2.24) is 30.0 Å². The van der Waals surface area contributed by atoms with Crippen molar-refractivity contribution < 1.29 is 4.79 Å². The summed E-state index contributed by atoms with van der Waals surface area (Å²) in [6, 6.07) is 9.49. The number of carbonyl (C=O) groups is 1. The summed E-state index contributed by atoms with van der Waals surface area (Å²) in [5.41, 5.74) is 1.02. The fourth-order valence-electron chi connectivity index (χ4n) is 2.30. The topological polar surface area (TPSA) is 75.9 Å². The maximum atomic E-state index is 12.5. The van der Waals surface area contributed by atoms with Gasteiger partial charge in [-0.2, -0.15) is 5.10 Å². The zero-order valence-electron chi connectivity index (χ0n) is 13.2. The molecule has 0 aliphatic heterocycles. The minimum Gasteiger partial charge on any atom is -0.329 e. The molecule has 0 saturated heterocycles. The number of urea groups is 1. The first-order valence-corrected chi connectivity index (χ1v) is 8.37. The number of benzene rings is 1. The van der Waals surface area contributed by atoms with Crippen LogP contribution in [0, 0.1) is 0 Å². The van der Waals surface area contributed by atoms with Crippen LogP contribution in [0.1, 0.15) is 16.6 Å². The maximum absolute atomic E-state index is 12.5. The molecule has 0 bridgehead atoms. The molecule has 0 fully saturated rings. The largest absolute Gasteiger partial charge is 0.329 e. The van der Waals surface area contributed by atoms with Gasteiger partial charge in [-0.05, 0) is 5.56 Å². The number of thiazole rings is 1. The van der Waals surface area contributed by atoms with Gasteiger partial charge in [0.15, 0.2) is 0 Å². The second-order valence-corrected chi connectivity index (χ2v) is 6.29. The van der Waals surface area contributed by atoms with Gasteiger partial charge in [0, 0.05) is 18.6 Å². The van der Waals surface area contributed by atoms with Crippen LogP contribution >= 0.6 is 11.3 Å². The number of carbonyl (C=O) groups excluding carboxylic acids is 1. The molecule has 0 spiro atoms. The highest BCUT2D eigenvalue weighted by Gasteiger charge is 2.18. The Labute approximate surface area is 144 Å². The molecule has 24 heavy (non-hydrogen) atoms. The van der Waals surface area contributed by atoms with Gasteiger partial charge in [0.1, 0.15) is 17.7 Å². The van der Waals surface area contributed by atoms with Crippen LogP contribution in [0.3, 0.4) is 0 Å². The van der Waals surface area contributed by atoms with Gasteiger partial charge in [-0.15, -0.1) is 11.3 Å². The van der Waals surface area contributed by atoms with Crippen LogP contribution in [0.5, 0.6) is 0 Å². The van der Waals surface area contributed by atoms with Crippen molar-refractivity contribution in [1.29, 1.82) is 0 Å². The third kappa shape index (κ3) is 4.17. The van der Waals surface area contributed by atoms with Gasteiger partial charge in [-0.3, -0.25) is 4.68 Å². The Hall–Kier alpha value is -2.74. The van der Waals surface area contributed by atoms with Crippen LogP contribution in [0.25, 0.3) is 0 Å². The minimum absolute atomic E-state index is 0.154. The first-order chi connectivity index (χ1) is 11.7. The minimum atomic E-state index is -0.195. The van der Waals surface area contributed by atoms with Crippen LogP contribution in [-0.4, -0.2) is 37.7 Å². The van der Waals surface area contributed by atoms with Gasteiger partial charge < -0.3 is 10.2 Å². The molecule has 1 aromatic carbocycles. The molecule has 2 aromatic heterocycles. The first-order valence-electron chi connectivity index (χ1n) is 7.49. The predicted molar refractivity (Wildman–Crippen MR) is 91.3 cm³/mol. The Kier molecular flexibility index (Phi) is 5.17. The molecule has 0 aliphatic rings. The summed E-state index contributed by atoms with van der Waals surface area (Å²) < 4.78 is 1.71. The second-order valence-electron chi connectivity index (χ2n) is 5.31. The standard InChI is InChI=1S/C16H18N6OS/c1-21(10-15-18-7-8-24-15)16(23)20-14(9-22-12-17-11-19-22)13-5-3-2-4-6-13/h2-8,11-12,14H,9-10H2,1H3,(H,20,23). The number of hydrogen-bond acceptors (Lipinski definition) is 5. The van der Waals surface area contributed by atoms with E-state index in [-0.39, 0.29) is 12.1 Å². The van der Waals surface area contributed by atoms with Gasteiger partial charge in [-0.1, -0.05) is 30.3 Å². The zero-order chi connectivity index (χ0) is 16.8. The van der Waals surface area contributed by atoms with Crippen molar-refractivity contribution in [3.63, 3.8) is 0 Å². The highest BCUT2D eigenvalue weighted by molar-refractivity contribution is 7.09. The Bertz CT molecular complexity index is 744. The van der Waals surface area contributed by atoms with E-state index in [4.69, 9.17) is 0 Å². The van der Waals surface area contributed by atoms with Crippen LogP contribution < -0.4 is 5.32 Å². The summed E-state index contributed by atoms with van der Waals surface area (Å²) in [5, 5.41) is 9.99. The van der Waals surface area contributed by atoms with Crippen molar-refractivity contribution >= 4 is 17.4 Å². The normalized spacial score (nSPS) is 11.9. The van der Waals surface area contributed by atoms with Gasteiger partial charge in [0.05, 0.1) is 19.1 Å². The average molecular weight is 342 g/mol. The molecule has 0 radical (unpaired) electrons. The lowest BCUT2D eigenvalue weighted by Gasteiger charge is -2.23. The average Bonchev–Trinajstić information content (AvgIpc) is 3.29. The van der Waals surface area contributed by atoms with Crippen molar-refractivity contribution in [2.75, 3.05) is 7.05 Å². The van der Waals surface area contributed by atoms with Crippen LogP contribution in [0.4, 0.5) is 4.79 Å². The first kappa shape index (κ1) is 16.1. The molecule has 1 atom stereocenters. The quantitative estimate of drug-likeness (QED) is 0.746. The highest BCUT2D eigenvalue weighted by Crippen LogP contribution is 2.15. The van der Waals surface area contributed by atoms with Crippen molar-refractivity contribution in [3.8, 4) is 0 Å². The molecule has 2 amide bonds. The number of nitrogens with zero attached hydrogens (tertiary/aromatic N) is 5. The van der Waals surface area contributed by atoms with E-state index in [1.165, 1.54) is 17.7 Å². The van der Waals surface area contributed by atoms with Crippen LogP contribution in [-0.2, 0) is 13.1 Å². The third-order valence-electron chi connectivity index (χ3n) is 3.54. The van der Waals surface area contributed by atoms with E-state index < -0.39 is 0 Å². The number of aromatic nitrogens is 4. The highest BCUT2D eigenvalue weighted by atomic mass is 32.1. The molecule has 7 nitrogen and oxygen atoms in total. The number of amides is 2. The lowest BCUT2D eigenvalue weighted by molar-refractivity contribution is 0.200. The SMILES string of the molecule is CN(Cc1nccs1)C(=O)NC(Cn1cncn1)c1ccccc1. The summed E-state index contributed by atoms with van der Waals surface area (Å²) >= 11 is 1.53. The summed E-state index contributed by atoms with van der Waals surface area (Å²) in [7, 11) is 1.76. The molecule has 1 N–H and O–H groups in total. The van der Waals surface area contributed by atoms with E-state index in [0.29, 0.717) is 13.1 Å².